The monoisotopic (exact) mass is 316 g/mol. The van der Waals surface area contributed by atoms with Crippen molar-refractivity contribution in [2.45, 2.75) is 13.5 Å². The average Bonchev–Trinajstić information content (AvgIpc) is 2.94. The number of aliphatic imine (C=N–C) groups is 1. The molecule has 1 aromatic heterocycles. The van der Waals surface area contributed by atoms with Crippen molar-refractivity contribution in [3.63, 3.8) is 0 Å². The van der Waals surface area contributed by atoms with Gasteiger partial charge in [-0.1, -0.05) is 30.3 Å². The fourth-order valence-electron chi connectivity index (χ4n) is 3.16. The summed E-state index contributed by atoms with van der Waals surface area (Å²) in [7, 11) is 0. The number of rotatable bonds is 3. The van der Waals surface area contributed by atoms with E-state index in [4.69, 9.17) is 0 Å². The van der Waals surface area contributed by atoms with Crippen LogP contribution in [-0.4, -0.2) is 10.8 Å². The number of benzene rings is 3. The lowest BCUT2D eigenvalue weighted by molar-refractivity contribution is 0.628. The highest BCUT2D eigenvalue weighted by Crippen LogP contribution is 2.31. The van der Waals surface area contributed by atoms with Gasteiger partial charge in [-0.05, 0) is 48.9 Å². The van der Waals surface area contributed by atoms with Gasteiger partial charge in [0, 0.05) is 34.6 Å². The normalized spacial score (nSPS) is 11.8. The van der Waals surface area contributed by atoms with E-state index in [9.17, 15) is 4.39 Å². The first-order chi connectivity index (χ1) is 11.8. The SMILES string of the molecule is CCn1c2ccccc2c2cc(N=Cc3ccc(F)cc3)ccc21. The summed E-state index contributed by atoms with van der Waals surface area (Å²) in [6, 6.07) is 21.0. The topological polar surface area (TPSA) is 17.3 Å². The van der Waals surface area contributed by atoms with Crippen LogP contribution in [0.3, 0.4) is 0 Å². The van der Waals surface area contributed by atoms with Gasteiger partial charge in [0.05, 0.1) is 5.69 Å². The molecule has 4 rings (SSSR count). The van der Waals surface area contributed by atoms with Crippen molar-refractivity contribution in [2.75, 3.05) is 0 Å². The van der Waals surface area contributed by atoms with Gasteiger partial charge < -0.3 is 4.57 Å². The molecule has 0 radical (unpaired) electrons. The van der Waals surface area contributed by atoms with Crippen LogP contribution in [0, 0.1) is 5.82 Å². The second kappa shape index (κ2) is 5.93. The molecule has 0 aliphatic rings. The molecule has 1 heterocycles. The second-order valence-corrected chi connectivity index (χ2v) is 5.77. The van der Waals surface area contributed by atoms with Crippen LogP contribution in [0.25, 0.3) is 21.8 Å². The van der Waals surface area contributed by atoms with Gasteiger partial charge in [0.1, 0.15) is 5.82 Å². The summed E-state index contributed by atoms with van der Waals surface area (Å²) in [5.41, 5.74) is 4.24. The third-order valence-electron chi connectivity index (χ3n) is 4.30. The maximum absolute atomic E-state index is 13.0. The van der Waals surface area contributed by atoms with E-state index in [-0.39, 0.29) is 5.82 Å². The smallest absolute Gasteiger partial charge is 0.123 e. The number of para-hydroxylation sites is 1. The molecule has 0 amide bonds. The summed E-state index contributed by atoms with van der Waals surface area (Å²) in [5.74, 6) is -0.235. The fraction of sp³-hybridized carbons (Fsp3) is 0.0952. The van der Waals surface area contributed by atoms with E-state index >= 15 is 0 Å². The van der Waals surface area contributed by atoms with Gasteiger partial charge in [0.25, 0.3) is 0 Å². The number of aromatic nitrogens is 1. The maximum Gasteiger partial charge on any atom is 0.123 e. The summed E-state index contributed by atoms with van der Waals surface area (Å²) in [5, 5.41) is 2.45. The molecule has 0 saturated heterocycles. The minimum absolute atomic E-state index is 0.235. The predicted octanol–water partition coefficient (Wildman–Crippen LogP) is 5.70. The molecule has 3 heteroatoms. The van der Waals surface area contributed by atoms with Crippen LogP contribution < -0.4 is 0 Å². The zero-order valence-corrected chi connectivity index (χ0v) is 13.4. The molecule has 2 nitrogen and oxygen atoms in total. The Morgan fingerprint density at radius 1 is 0.917 bits per heavy atom. The van der Waals surface area contributed by atoms with E-state index in [1.165, 1.54) is 33.9 Å². The van der Waals surface area contributed by atoms with E-state index in [1.54, 1.807) is 18.3 Å². The van der Waals surface area contributed by atoms with Crippen LogP contribution in [0.5, 0.6) is 0 Å². The molecular formula is C21H17FN2. The van der Waals surface area contributed by atoms with E-state index in [2.05, 4.69) is 52.9 Å². The first kappa shape index (κ1) is 14.6. The van der Waals surface area contributed by atoms with Crippen molar-refractivity contribution >= 4 is 33.7 Å². The van der Waals surface area contributed by atoms with Crippen molar-refractivity contribution in [3.05, 3.63) is 78.1 Å². The lowest BCUT2D eigenvalue weighted by atomic mass is 10.1. The van der Waals surface area contributed by atoms with Crippen molar-refractivity contribution in [3.8, 4) is 0 Å². The standard InChI is InChI=1S/C21H17FN2/c1-2-24-20-6-4-3-5-18(20)19-13-17(11-12-21(19)24)23-14-15-7-9-16(22)10-8-15/h3-14H,2H2,1H3. The number of hydrogen-bond donors (Lipinski definition) is 0. The quantitative estimate of drug-likeness (QED) is 0.431. The molecule has 24 heavy (non-hydrogen) atoms. The van der Waals surface area contributed by atoms with Gasteiger partial charge in [-0.25, -0.2) is 4.39 Å². The fourth-order valence-corrected chi connectivity index (χ4v) is 3.16. The highest BCUT2D eigenvalue weighted by atomic mass is 19.1. The Balaban J connectivity index is 1.80. The largest absolute Gasteiger partial charge is 0.341 e. The summed E-state index contributed by atoms with van der Waals surface area (Å²) < 4.78 is 15.3. The van der Waals surface area contributed by atoms with Crippen LogP contribution >= 0.6 is 0 Å². The summed E-state index contributed by atoms with van der Waals surface area (Å²) in [6.45, 7) is 3.09. The van der Waals surface area contributed by atoms with Gasteiger partial charge in [-0.15, -0.1) is 0 Å². The minimum atomic E-state index is -0.235. The van der Waals surface area contributed by atoms with Gasteiger partial charge in [0.15, 0.2) is 0 Å². The molecule has 3 aromatic carbocycles. The van der Waals surface area contributed by atoms with E-state index in [0.29, 0.717) is 0 Å². The number of fused-ring (bicyclic) bond motifs is 3. The molecule has 0 spiro atoms. The van der Waals surface area contributed by atoms with Crippen LogP contribution in [0.2, 0.25) is 0 Å². The lowest BCUT2D eigenvalue weighted by Crippen LogP contribution is -1.92. The Morgan fingerprint density at radius 3 is 2.46 bits per heavy atom. The van der Waals surface area contributed by atoms with Crippen LogP contribution in [-0.2, 0) is 6.54 Å². The Hall–Kier alpha value is -2.94. The van der Waals surface area contributed by atoms with E-state index in [1.807, 2.05) is 6.07 Å². The molecule has 118 valence electrons. The Morgan fingerprint density at radius 2 is 1.67 bits per heavy atom. The summed E-state index contributed by atoms with van der Waals surface area (Å²) >= 11 is 0. The van der Waals surface area contributed by atoms with Crippen molar-refractivity contribution in [1.29, 1.82) is 0 Å². The first-order valence-electron chi connectivity index (χ1n) is 8.07. The summed E-state index contributed by atoms with van der Waals surface area (Å²) in [4.78, 5) is 4.54. The number of halogens is 1. The molecule has 0 fully saturated rings. The summed E-state index contributed by atoms with van der Waals surface area (Å²) in [6.07, 6.45) is 1.76. The first-order valence-corrected chi connectivity index (χ1v) is 8.07. The molecule has 0 N–H and O–H groups in total. The van der Waals surface area contributed by atoms with Crippen molar-refractivity contribution in [1.82, 2.24) is 4.57 Å². The Labute approximate surface area is 139 Å². The zero-order chi connectivity index (χ0) is 16.5. The highest BCUT2D eigenvalue weighted by molar-refractivity contribution is 6.09. The molecule has 0 bridgehead atoms. The predicted molar refractivity (Wildman–Crippen MR) is 98.8 cm³/mol. The van der Waals surface area contributed by atoms with E-state index in [0.717, 1.165) is 17.8 Å². The third kappa shape index (κ3) is 2.48. The molecule has 0 unspecified atom stereocenters. The van der Waals surface area contributed by atoms with E-state index < -0.39 is 0 Å². The number of aryl methyl sites for hydroxylation is 1. The molecule has 4 aromatic rings. The highest BCUT2D eigenvalue weighted by Gasteiger charge is 2.09. The molecule has 0 saturated carbocycles. The molecule has 0 aliphatic carbocycles. The third-order valence-corrected chi connectivity index (χ3v) is 4.30. The second-order valence-electron chi connectivity index (χ2n) is 5.77. The van der Waals surface area contributed by atoms with Crippen LogP contribution in [0.4, 0.5) is 10.1 Å². The van der Waals surface area contributed by atoms with Gasteiger partial charge >= 0.3 is 0 Å². The maximum atomic E-state index is 13.0. The minimum Gasteiger partial charge on any atom is -0.341 e. The Kier molecular flexibility index (Phi) is 3.62. The van der Waals surface area contributed by atoms with Crippen molar-refractivity contribution < 1.29 is 4.39 Å². The Bertz CT molecular complexity index is 1040. The zero-order valence-electron chi connectivity index (χ0n) is 13.4. The van der Waals surface area contributed by atoms with Gasteiger partial charge in [-0.2, -0.15) is 0 Å². The van der Waals surface area contributed by atoms with Gasteiger partial charge in [-0.3, -0.25) is 4.99 Å². The lowest BCUT2D eigenvalue weighted by Gasteiger charge is -2.02. The van der Waals surface area contributed by atoms with Crippen LogP contribution in [0.1, 0.15) is 12.5 Å². The molecule has 0 atom stereocenters. The number of hydrogen-bond acceptors (Lipinski definition) is 1. The molecular weight excluding hydrogens is 299 g/mol. The molecule has 0 aliphatic heterocycles. The number of nitrogens with zero attached hydrogens (tertiary/aromatic N) is 2. The van der Waals surface area contributed by atoms with Crippen molar-refractivity contribution in [2.24, 2.45) is 4.99 Å². The average molecular weight is 316 g/mol. The van der Waals surface area contributed by atoms with Gasteiger partial charge in [0.2, 0.25) is 0 Å². The van der Waals surface area contributed by atoms with Crippen LogP contribution in [0.15, 0.2) is 71.7 Å².